The zero-order valence-corrected chi connectivity index (χ0v) is 58.8. The van der Waals surface area contributed by atoms with Gasteiger partial charge < -0.3 is 39.9 Å². The van der Waals surface area contributed by atoms with Crippen LogP contribution in [0.25, 0.3) is 0 Å². The van der Waals surface area contributed by atoms with Crippen molar-refractivity contribution in [1.29, 1.82) is 0 Å². The van der Waals surface area contributed by atoms with E-state index in [1.54, 1.807) is 12.1 Å². The largest absolute Gasteiger partial charge is 0.478 e. The lowest BCUT2D eigenvalue weighted by atomic mass is 9.79. The molecule has 0 saturated carbocycles. The van der Waals surface area contributed by atoms with Gasteiger partial charge in [0.15, 0.2) is 11.6 Å². The quantitative estimate of drug-likeness (QED) is 0.0289. The van der Waals surface area contributed by atoms with Crippen LogP contribution >= 0.6 is 0 Å². The van der Waals surface area contributed by atoms with Gasteiger partial charge in [-0.15, -0.1) is 0 Å². The molecule has 0 aliphatic carbocycles. The molecule has 14 nitrogen and oxygen atoms in total. The summed E-state index contributed by atoms with van der Waals surface area (Å²) < 4.78 is 11.0. The number of carbonyl (C=O) groups excluding carboxylic acids is 3. The second kappa shape index (κ2) is 43.6. The zero-order valence-electron chi connectivity index (χ0n) is 58.8. The smallest absolute Gasteiger partial charge is 0.335 e. The van der Waals surface area contributed by atoms with Gasteiger partial charge in [0.2, 0.25) is 0 Å². The lowest BCUT2D eigenvalue weighted by Crippen LogP contribution is -2.54. The van der Waals surface area contributed by atoms with Gasteiger partial charge in [-0.2, -0.15) is 0 Å². The molecule has 516 valence electrons. The maximum absolute atomic E-state index is 14.6. The number of carboxylic acid groups (broad SMARTS) is 1. The first-order chi connectivity index (χ1) is 45.4. The highest BCUT2D eigenvalue weighted by atomic mass is 16.5. The van der Waals surface area contributed by atoms with Gasteiger partial charge >= 0.3 is 5.97 Å². The average molecular weight is 1280 g/mol. The molecule has 4 heterocycles. The minimum absolute atomic E-state index is 0.0873. The summed E-state index contributed by atoms with van der Waals surface area (Å²) in [6.07, 6.45) is 32.5. The van der Waals surface area contributed by atoms with Crippen LogP contribution in [-0.4, -0.2) is 173 Å². The van der Waals surface area contributed by atoms with Crippen molar-refractivity contribution in [2.24, 2.45) is 0 Å². The van der Waals surface area contributed by atoms with E-state index < -0.39 is 17.0 Å². The number of likely N-dealkylation sites (N-methyl/N-ethyl adjacent to an activating group) is 2. The fraction of sp³-hybridized carbons (Fsp3) is 0.646. The van der Waals surface area contributed by atoms with Crippen LogP contribution < -0.4 is 20.4 Å². The van der Waals surface area contributed by atoms with E-state index >= 15 is 0 Å². The van der Waals surface area contributed by atoms with E-state index in [0.717, 1.165) is 144 Å². The Bertz CT molecular complexity index is 2670. The molecule has 1 amide bonds. The minimum Gasteiger partial charge on any atom is -0.478 e. The molecule has 4 aromatic rings. The molecule has 4 aliphatic heterocycles. The number of Topliss-reactive ketones (excluding diaryl/α,β-unsaturated/α-hetero) is 2. The molecular weight excluding hydrogens is 1160 g/mol. The lowest BCUT2D eigenvalue weighted by molar-refractivity contribution is 0.0590. The van der Waals surface area contributed by atoms with Gasteiger partial charge in [-0.25, -0.2) is 4.79 Å². The van der Waals surface area contributed by atoms with E-state index in [1.807, 2.05) is 53.4 Å². The van der Waals surface area contributed by atoms with Crippen LogP contribution in [0, 0.1) is 0 Å². The highest BCUT2D eigenvalue weighted by molar-refractivity contribution is 6.04. The Morgan fingerprint density at radius 2 is 0.753 bits per heavy atom. The van der Waals surface area contributed by atoms with Crippen LogP contribution in [0.15, 0.2) is 97.1 Å². The molecule has 0 aromatic heterocycles. The van der Waals surface area contributed by atoms with Crippen molar-refractivity contribution in [2.45, 2.75) is 212 Å². The summed E-state index contributed by atoms with van der Waals surface area (Å²) in [5.74, 6) is -0.540. The number of ketones is 2. The molecule has 2 unspecified atom stereocenters. The van der Waals surface area contributed by atoms with Crippen LogP contribution in [-0.2, 0) is 22.3 Å². The van der Waals surface area contributed by atoms with E-state index in [2.05, 4.69) is 108 Å². The topological polar surface area (TPSA) is 147 Å². The number of hydrogen-bond donors (Lipinski definition) is 3. The Labute approximate surface area is 562 Å². The monoisotopic (exact) mass is 1280 g/mol. The normalized spacial score (nSPS) is 16.6. The highest BCUT2D eigenvalue weighted by Crippen LogP contribution is 2.33. The Hall–Kier alpha value is -5.48. The van der Waals surface area contributed by atoms with Gasteiger partial charge in [-0.3, -0.25) is 24.2 Å². The molecule has 0 bridgehead atoms. The molecule has 3 N–H and O–H groups in total. The number of rotatable bonds is 38. The molecule has 93 heavy (non-hydrogen) atoms. The van der Waals surface area contributed by atoms with Gasteiger partial charge in [0.05, 0.1) is 43.1 Å². The second-order valence-corrected chi connectivity index (χ2v) is 26.8. The third kappa shape index (κ3) is 25.2. The number of benzene rings is 4. The molecule has 8 rings (SSSR count). The second-order valence-electron chi connectivity index (χ2n) is 26.8. The molecule has 4 saturated heterocycles. The van der Waals surface area contributed by atoms with E-state index in [-0.39, 0.29) is 23.0 Å². The van der Waals surface area contributed by atoms with Crippen molar-refractivity contribution < 1.29 is 33.8 Å². The molecule has 2 atom stereocenters. The van der Waals surface area contributed by atoms with Crippen LogP contribution in [0.5, 0.6) is 0 Å². The molecule has 4 fully saturated rings. The van der Waals surface area contributed by atoms with Crippen LogP contribution in [0.3, 0.4) is 0 Å². The molecule has 4 aromatic carbocycles. The van der Waals surface area contributed by atoms with E-state index in [1.165, 1.54) is 148 Å². The summed E-state index contributed by atoms with van der Waals surface area (Å²) in [5.41, 5.74) is 5.43. The zero-order chi connectivity index (χ0) is 66.4. The van der Waals surface area contributed by atoms with Crippen LogP contribution in [0.4, 0.5) is 11.4 Å². The van der Waals surface area contributed by atoms with E-state index in [4.69, 9.17) is 9.47 Å². The Morgan fingerprint density at radius 3 is 1.08 bits per heavy atom. The SMILES string of the molecule is C1CCNCC1.CCCCCCCCCCCCN(C)C(CC)(Cc1ccc(C(=O)N2CCNCC2)cc1)C(=O)c1ccc(N2CCOCC2)cc1.CCCCCCCCCCCCN(C)C(CC)(Cc1ccc(C(=O)O)cc1)C(=O)c1ccc(N2CCOCC2)cc1. The summed E-state index contributed by atoms with van der Waals surface area (Å²) in [6.45, 7) is 22.6. The van der Waals surface area contributed by atoms with Crippen LogP contribution in [0.1, 0.15) is 241 Å². The van der Waals surface area contributed by atoms with Gasteiger partial charge in [-0.1, -0.05) is 174 Å². The molecule has 0 radical (unpaired) electrons. The van der Waals surface area contributed by atoms with Gasteiger partial charge in [0.25, 0.3) is 5.91 Å². The number of carboxylic acids is 1. The maximum atomic E-state index is 14.6. The number of hydrogen-bond acceptors (Lipinski definition) is 12. The Balaban J connectivity index is 0.000000271. The standard InChI is InChI=1S/C39H60N4O3.C35H52N2O4.C5H11N/c1-4-6-7-8-9-10-11-12-13-14-25-41(3)39(5-2,37(44)34-19-21-36(22-20-34)42-28-30-46-31-29-42)32-33-15-17-35(18-16-33)38(45)43-26-23-40-24-27-43;1-4-6-7-8-9-10-11-12-13-14-23-36(3)35(5-2,28-29-15-17-31(18-16-29)34(39)40)33(38)30-19-21-32(22-20-30)37-24-26-41-27-25-37;1-2-4-6-5-3-1/h15-22,40H,4-14,23-32H2,1-3H3;15-22H,4-14,23-28H2,1-3H3,(H,39,40);6H,1-5H2. The van der Waals surface area contributed by atoms with Crippen molar-refractivity contribution in [2.75, 3.05) is 129 Å². The van der Waals surface area contributed by atoms with Crippen molar-refractivity contribution in [1.82, 2.24) is 25.3 Å². The first-order valence-corrected chi connectivity index (χ1v) is 36.9. The summed E-state index contributed by atoms with van der Waals surface area (Å²) in [7, 11) is 4.22. The lowest BCUT2D eigenvalue weighted by Gasteiger charge is -2.41. The Morgan fingerprint density at radius 1 is 0.419 bits per heavy atom. The number of amides is 1. The third-order valence-corrected chi connectivity index (χ3v) is 20.2. The molecule has 0 spiro atoms. The maximum Gasteiger partial charge on any atom is 0.335 e. The first kappa shape index (κ1) is 76.5. The van der Waals surface area contributed by atoms with E-state index in [9.17, 15) is 24.3 Å². The molecular formula is C79H123N7O7. The molecule has 14 heteroatoms. The number of nitrogens with one attached hydrogen (secondary N) is 2. The fourth-order valence-corrected chi connectivity index (χ4v) is 13.9. The molecule has 4 aliphatic rings. The van der Waals surface area contributed by atoms with Crippen molar-refractivity contribution in [3.05, 3.63) is 130 Å². The predicted octanol–water partition coefficient (Wildman–Crippen LogP) is 15.4. The number of piperazine rings is 1. The fourth-order valence-electron chi connectivity index (χ4n) is 13.9. The van der Waals surface area contributed by atoms with Crippen molar-refractivity contribution in [3.63, 3.8) is 0 Å². The minimum atomic E-state index is -0.937. The Kier molecular flexibility index (Phi) is 35.9. The summed E-state index contributed by atoms with van der Waals surface area (Å²) in [5, 5.41) is 15.9. The van der Waals surface area contributed by atoms with E-state index in [0.29, 0.717) is 25.7 Å². The van der Waals surface area contributed by atoms with Crippen molar-refractivity contribution in [3.8, 4) is 0 Å². The van der Waals surface area contributed by atoms with Gasteiger partial charge in [0.1, 0.15) is 0 Å². The number of piperidine rings is 1. The van der Waals surface area contributed by atoms with Crippen molar-refractivity contribution >= 4 is 34.8 Å². The number of unbranched alkanes of at least 4 members (excludes halogenated alkanes) is 18. The third-order valence-electron chi connectivity index (χ3n) is 20.2. The highest BCUT2D eigenvalue weighted by Gasteiger charge is 2.42. The number of nitrogens with zero attached hydrogens (tertiary/aromatic N) is 5. The number of ether oxygens (including phenoxy) is 2. The number of aromatic carboxylic acids is 1. The number of carbonyl (C=O) groups is 4. The van der Waals surface area contributed by atoms with Gasteiger partial charge in [-0.05, 0) is 176 Å². The predicted molar refractivity (Wildman–Crippen MR) is 385 cm³/mol. The summed E-state index contributed by atoms with van der Waals surface area (Å²) in [4.78, 5) is 64.5. The number of anilines is 2. The average Bonchev–Trinajstić information content (AvgIpc) is 1.04. The first-order valence-electron chi connectivity index (χ1n) is 36.9. The van der Waals surface area contributed by atoms with Crippen LogP contribution in [0.2, 0.25) is 0 Å². The number of morpholine rings is 2. The summed E-state index contributed by atoms with van der Waals surface area (Å²) in [6, 6.07) is 31.3. The summed E-state index contributed by atoms with van der Waals surface area (Å²) >= 11 is 0. The van der Waals surface area contributed by atoms with Gasteiger partial charge in [0, 0.05) is 80.4 Å².